The molecule has 5 nitrogen and oxygen atoms in total. The smallest absolute Gasteiger partial charge is 0.289 e. The zero-order valence-electron chi connectivity index (χ0n) is 11.3. The maximum absolute atomic E-state index is 11.8. The predicted molar refractivity (Wildman–Crippen MR) is 76.9 cm³/mol. The van der Waals surface area contributed by atoms with Gasteiger partial charge in [0.1, 0.15) is 11.4 Å². The Balaban J connectivity index is 2.05. The Morgan fingerprint density at radius 3 is 2.55 bits per heavy atom. The molecule has 5 heteroatoms. The van der Waals surface area contributed by atoms with Crippen molar-refractivity contribution in [3.8, 4) is 5.75 Å². The number of carbonyl (C=O) groups excluding carboxylic acids is 1. The van der Waals surface area contributed by atoms with Gasteiger partial charge in [0.05, 0.1) is 12.8 Å². The summed E-state index contributed by atoms with van der Waals surface area (Å²) in [5.41, 5.74) is 4.43. The molecule has 0 saturated heterocycles. The molecule has 2 aromatic rings. The number of nitrogens with zero attached hydrogens (tertiary/aromatic N) is 2. The number of carbonyl (C=O) groups is 1. The van der Waals surface area contributed by atoms with E-state index in [2.05, 4.69) is 15.5 Å². The van der Waals surface area contributed by atoms with Crippen LogP contribution in [-0.2, 0) is 0 Å². The third kappa shape index (κ3) is 3.41. The Hall–Kier alpha value is -2.69. The molecule has 0 fully saturated rings. The summed E-state index contributed by atoms with van der Waals surface area (Å²) in [5.74, 6) is 0.442. The molecule has 0 saturated carbocycles. The molecule has 1 N–H and O–H groups in total. The third-order valence-electron chi connectivity index (χ3n) is 2.73. The van der Waals surface area contributed by atoms with E-state index < -0.39 is 0 Å². The Morgan fingerprint density at radius 1 is 1.20 bits per heavy atom. The van der Waals surface area contributed by atoms with Gasteiger partial charge in [-0.3, -0.25) is 9.78 Å². The topological polar surface area (TPSA) is 63.6 Å². The van der Waals surface area contributed by atoms with Crippen LogP contribution in [0.3, 0.4) is 0 Å². The van der Waals surface area contributed by atoms with Crippen molar-refractivity contribution in [3.63, 3.8) is 0 Å². The van der Waals surface area contributed by atoms with Crippen LogP contribution in [0, 0.1) is 0 Å². The fraction of sp³-hybridized carbons (Fsp3) is 0.133. The van der Waals surface area contributed by atoms with E-state index in [1.807, 2.05) is 31.2 Å². The van der Waals surface area contributed by atoms with Gasteiger partial charge in [-0.25, -0.2) is 5.43 Å². The minimum Gasteiger partial charge on any atom is -0.497 e. The lowest BCUT2D eigenvalue weighted by Crippen LogP contribution is -2.20. The van der Waals surface area contributed by atoms with Crippen LogP contribution in [-0.4, -0.2) is 23.7 Å². The highest BCUT2D eigenvalue weighted by atomic mass is 16.5. The van der Waals surface area contributed by atoms with Crippen LogP contribution in [0.1, 0.15) is 23.0 Å². The first-order chi connectivity index (χ1) is 9.70. The molecular weight excluding hydrogens is 254 g/mol. The summed E-state index contributed by atoms with van der Waals surface area (Å²) in [6, 6.07) is 12.6. The molecule has 1 heterocycles. The van der Waals surface area contributed by atoms with Crippen molar-refractivity contribution in [1.29, 1.82) is 0 Å². The molecule has 20 heavy (non-hydrogen) atoms. The van der Waals surface area contributed by atoms with Gasteiger partial charge in [-0.2, -0.15) is 5.10 Å². The van der Waals surface area contributed by atoms with Crippen LogP contribution in [0.15, 0.2) is 53.8 Å². The normalized spacial score (nSPS) is 11.0. The van der Waals surface area contributed by atoms with Gasteiger partial charge in [0.2, 0.25) is 0 Å². The molecule has 0 radical (unpaired) electrons. The molecule has 0 atom stereocenters. The van der Waals surface area contributed by atoms with Crippen molar-refractivity contribution < 1.29 is 9.53 Å². The van der Waals surface area contributed by atoms with Crippen LogP contribution in [0.2, 0.25) is 0 Å². The largest absolute Gasteiger partial charge is 0.497 e. The number of hydrogen-bond donors (Lipinski definition) is 1. The van der Waals surface area contributed by atoms with E-state index in [4.69, 9.17) is 4.74 Å². The fourth-order valence-electron chi connectivity index (χ4n) is 1.59. The summed E-state index contributed by atoms with van der Waals surface area (Å²) >= 11 is 0. The molecule has 0 aliphatic heterocycles. The Morgan fingerprint density at radius 2 is 1.95 bits per heavy atom. The molecule has 2 rings (SSSR count). The summed E-state index contributed by atoms with van der Waals surface area (Å²) in [6.07, 6.45) is 1.56. The Bertz CT molecular complexity index is 607. The highest BCUT2D eigenvalue weighted by Crippen LogP contribution is 2.11. The second kappa shape index (κ2) is 6.47. The predicted octanol–water partition coefficient (Wildman–Crippen LogP) is 2.24. The van der Waals surface area contributed by atoms with E-state index in [-0.39, 0.29) is 5.91 Å². The number of pyridine rings is 1. The molecule has 1 aromatic heterocycles. The van der Waals surface area contributed by atoms with Crippen molar-refractivity contribution in [1.82, 2.24) is 10.4 Å². The number of ether oxygens (including phenoxy) is 1. The van der Waals surface area contributed by atoms with Crippen LogP contribution < -0.4 is 10.2 Å². The summed E-state index contributed by atoms with van der Waals surface area (Å²) in [5, 5.41) is 4.06. The van der Waals surface area contributed by atoms with Gasteiger partial charge in [-0.15, -0.1) is 0 Å². The average molecular weight is 269 g/mol. The van der Waals surface area contributed by atoms with Crippen LogP contribution in [0.4, 0.5) is 0 Å². The van der Waals surface area contributed by atoms with Crippen molar-refractivity contribution in [2.24, 2.45) is 5.10 Å². The molecule has 0 unspecified atom stereocenters. The van der Waals surface area contributed by atoms with Gasteiger partial charge >= 0.3 is 0 Å². The minimum absolute atomic E-state index is 0.332. The lowest BCUT2D eigenvalue weighted by atomic mass is 10.1. The van der Waals surface area contributed by atoms with Crippen LogP contribution in [0.5, 0.6) is 5.75 Å². The van der Waals surface area contributed by atoms with E-state index in [9.17, 15) is 4.79 Å². The number of hydrazone groups is 1. The van der Waals surface area contributed by atoms with E-state index >= 15 is 0 Å². The minimum atomic E-state index is -0.335. The summed E-state index contributed by atoms with van der Waals surface area (Å²) in [4.78, 5) is 15.7. The van der Waals surface area contributed by atoms with Crippen molar-refractivity contribution in [3.05, 3.63) is 59.9 Å². The maximum atomic E-state index is 11.8. The molecule has 0 spiro atoms. The van der Waals surface area contributed by atoms with Gasteiger partial charge in [0.25, 0.3) is 5.91 Å². The average Bonchev–Trinajstić information content (AvgIpc) is 2.53. The van der Waals surface area contributed by atoms with Gasteiger partial charge < -0.3 is 4.74 Å². The van der Waals surface area contributed by atoms with E-state index in [1.54, 1.807) is 31.5 Å². The van der Waals surface area contributed by atoms with Gasteiger partial charge in [-0.1, -0.05) is 6.07 Å². The highest BCUT2D eigenvalue weighted by molar-refractivity contribution is 6.00. The zero-order chi connectivity index (χ0) is 14.4. The molecule has 1 aromatic carbocycles. The number of benzene rings is 1. The quantitative estimate of drug-likeness (QED) is 0.684. The first-order valence-electron chi connectivity index (χ1n) is 6.11. The molecule has 0 aliphatic carbocycles. The van der Waals surface area contributed by atoms with Crippen molar-refractivity contribution >= 4 is 11.6 Å². The molecule has 0 bridgehead atoms. The highest BCUT2D eigenvalue weighted by Gasteiger charge is 2.05. The Kier molecular flexibility index (Phi) is 4.44. The van der Waals surface area contributed by atoms with Crippen LogP contribution in [0.25, 0.3) is 0 Å². The number of aromatic nitrogens is 1. The first-order valence-corrected chi connectivity index (χ1v) is 6.11. The molecule has 0 aliphatic rings. The SMILES string of the molecule is COc1ccc(/C(C)=N\NC(=O)c2ccccn2)cc1. The summed E-state index contributed by atoms with van der Waals surface area (Å²) < 4.78 is 5.09. The molecule has 1 amide bonds. The molecule has 102 valence electrons. The lowest BCUT2D eigenvalue weighted by Gasteiger charge is -2.04. The fourth-order valence-corrected chi connectivity index (χ4v) is 1.59. The zero-order valence-corrected chi connectivity index (χ0v) is 11.3. The Labute approximate surface area is 117 Å². The number of amides is 1. The van der Waals surface area contributed by atoms with Crippen LogP contribution >= 0.6 is 0 Å². The lowest BCUT2D eigenvalue weighted by molar-refractivity contribution is 0.0950. The van der Waals surface area contributed by atoms with Crippen molar-refractivity contribution in [2.75, 3.05) is 7.11 Å². The van der Waals surface area contributed by atoms with E-state index in [0.29, 0.717) is 11.4 Å². The van der Waals surface area contributed by atoms with Gasteiger partial charge in [-0.05, 0) is 48.9 Å². The van der Waals surface area contributed by atoms with Crippen molar-refractivity contribution in [2.45, 2.75) is 6.92 Å². The molecular formula is C15H15N3O2. The number of hydrogen-bond acceptors (Lipinski definition) is 4. The summed E-state index contributed by atoms with van der Waals surface area (Å²) in [6.45, 7) is 1.82. The second-order valence-electron chi connectivity index (χ2n) is 4.08. The number of methoxy groups -OCH3 is 1. The third-order valence-corrected chi connectivity index (χ3v) is 2.73. The maximum Gasteiger partial charge on any atom is 0.289 e. The number of nitrogens with one attached hydrogen (secondary N) is 1. The van der Waals surface area contributed by atoms with E-state index in [0.717, 1.165) is 11.3 Å². The number of rotatable bonds is 4. The first kappa shape index (κ1) is 13.7. The van der Waals surface area contributed by atoms with Gasteiger partial charge in [0.15, 0.2) is 0 Å². The monoisotopic (exact) mass is 269 g/mol. The van der Waals surface area contributed by atoms with E-state index in [1.165, 1.54) is 0 Å². The second-order valence-corrected chi connectivity index (χ2v) is 4.08. The standard InChI is InChI=1S/C15H15N3O2/c1-11(12-6-8-13(20-2)9-7-12)17-18-15(19)14-5-3-4-10-16-14/h3-10H,1-2H3,(H,18,19)/b17-11-. The summed E-state index contributed by atoms with van der Waals surface area (Å²) in [7, 11) is 1.61. The van der Waals surface area contributed by atoms with Gasteiger partial charge in [0, 0.05) is 6.20 Å².